The molecule has 0 bridgehead atoms. The van der Waals surface area contributed by atoms with E-state index in [9.17, 15) is 0 Å². The Morgan fingerprint density at radius 2 is 2.12 bits per heavy atom. The SMILES string of the molecule is CC(Cc1ccsc1)NCc1ccccc1N. The van der Waals surface area contributed by atoms with Crippen molar-refractivity contribution in [1.82, 2.24) is 5.32 Å². The molecule has 1 aromatic heterocycles. The first-order valence-electron chi connectivity index (χ1n) is 5.83. The van der Waals surface area contributed by atoms with Crippen LogP contribution in [-0.4, -0.2) is 6.04 Å². The van der Waals surface area contributed by atoms with E-state index < -0.39 is 0 Å². The third-order valence-electron chi connectivity index (χ3n) is 2.82. The summed E-state index contributed by atoms with van der Waals surface area (Å²) in [5.41, 5.74) is 9.34. The molecule has 17 heavy (non-hydrogen) atoms. The van der Waals surface area contributed by atoms with E-state index in [2.05, 4.69) is 35.1 Å². The molecule has 0 aliphatic heterocycles. The van der Waals surface area contributed by atoms with Crippen molar-refractivity contribution in [3.63, 3.8) is 0 Å². The number of hydrogen-bond donors (Lipinski definition) is 2. The van der Waals surface area contributed by atoms with Gasteiger partial charge in [-0.2, -0.15) is 11.3 Å². The number of nitrogens with two attached hydrogens (primary N) is 1. The van der Waals surface area contributed by atoms with E-state index >= 15 is 0 Å². The topological polar surface area (TPSA) is 38.0 Å². The summed E-state index contributed by atoms with van der Waals surface area (Å²) >= 11 is 1.75. The van der Waals surface area contributed by atoms with Gasteiger partial charge in [-0.15, -0.1) is 0 Å². The molecule has 90 valence electrons. The van der Waals surface area contributed by atoms with Crippen molar-refractivity contribution in [2.24, 2.45) is 0 Å². The van der Waals surface area contributed by atoms with Gasteiger partial charge in [0.1, 0.15) is 0 Å². The molecule has 2 rings (SSSR count). The van der Waals surface area contributed by atoms with Gasteiger partial charge in [-0.05, 0) is 47.4 Å². The molecule has 0 amide bonds. The zero-order chi connectivity index (χ0) is 12.1. The summed E-state index contributed by atoms with van der Waals surface area (Å²) in [6, 6.07) is 10.6. The van der Waals surface area contributed by atoms with E-state index in [-0.39, 0.29) is 0 Å². The fourth-order valence-corrected chi connectivity index (χ4v) is 2.50. The van der Waals surface area contributed by atoms with Gasteiger partial charge in [-0.25, -0.2) is 0 Å². The van der Waals surface area contributed by atoms with Crippen LogP contribution in [0.1, 0.15) is 18.1 Å². The molecule has 1 aromatic carbocycles. The van der Waals surface area contributed by atoms with Crippen LogP contribution in [0.2, 0.25) is 0 Å². The van der Waals surface area contributed by atoms with E-state index in [4.69, 9.17) is 5.73 Å². The molecule has 3 heteroatoms. The number of benzene rings is 1. The highest BCUT2D eigenvalue weighted by Crippen LogP contribution is 2.12. The Morgan fingerprint density at radius 1 is 1.29 bits per heavy atom. The summed E-state index contributed by atoms with van der Waals surface area (Å²) in [6.07, 6.45) is 1.07. The largest absolute Gasteiger partial charge is 0.398 e. The third kappa shape index (κ3) is 3.58. The van der Waals surface area contributed by atoms with Crippen LogP contribution in [0.3, 0.4) is 0 Å². The lowest BCUT2D eigenvalue weighted by molar-refractivity contribution is 0.546. The maximum atomic E-state index is 5.90. The van der Waals surface area contributed by atoms with Crippen LogP contribution in [0, 0.1) is 0 Å². The third-order valence-corrected chi connectivity index (χ3v) is 3.55. The van der Waals surface area contributed by atoms with E-state index in [0.717, 1.165) is 18.7 Å². The minimum absolute atomic E-state index is 0.462. The first-order valence-corrected chi connectivity index (χ1v) is 6.78. The predicted molar refractivity (Wildman–Crippen MR) is 75.2 cm³/mol. The molecule has 0 spiro atoms. The lowest BCUT2D eigenvalue weighted by atomic mass is 10.1. The second kappa shape index (κ2) is 5.84. The number of nitrogen functional groups attached to an aromatic ring is 1. The summed E-state index contributed by atoms with van der Waals surface area (Å²) in [5, 5.41) is 7.83. The predicted octanol–water partition coefficient (Wildman–Crippen LogP) is 3.05. The second-order valence-electron chi connectivity index (χ2n) is 4.32. The number of para-hydroxylation sites is 1. The minimum Gasteiger partial charge on any atom is -0.398 e. The van der Waals surface area contributed by atoms with Gasteiger partial charge in [0, 0.05) is 18.3 Å². The summed E-state index contributed by atoms with van der Waals surface area (Å²) in [7, 11) is 0. The Labute approximate surface area is 106 Å². The highest BCUT2D eigenvalue weighted by Gasteiger charge is 2.04. The molecule has 1 unspecified atom stereocenters. The number of anilines is 1. The summed E-state index contributed by atoms with van der Waals surface area (Å²) in [6.45, 7) is 3.04. The van der Waals surface area contributed by atoms with Crippen LogP contribution in [-0.2, 0) is 13.0 Å². The van der Waals surface area contributed by atoms with Gasteiger partial charge >= 0.3 is 0 Å². The molecular weight excluding hydrogens is 228 g/mol. The highest BCUT2D eigenvalue weighted by atomic mass is 32.1. The monoisotopic (exact) mass is 246 g/mol. The lowest BCUT2D eigenvalue weighted by Crippen LogP contribution is -2.27. The number of hydrogen-bond acceptors (Lipinski definition) is 3. The molecular formula is C14H18N2S. The van der Waals surface area contributed by atoms with Crippen molar-refractivity contribution in [3.05, 3.63) is 52.2 Å². The molecule has 0 fully saturated rings. The molecule has 3 N–H and O–H groups in total. The average molecular weight is 246 g/mol. The van der Waals surface area contributed by atoms with Crippen molar-refractivity contribution < 1.29 is 0 Å². The fourth-order valence-electron chi connectivity index (χ4n) is 1.81. The first-order chi connectivity index (χ1) is 8.25. The Hall–Kier alpha value is -1.32. The minimum atomic E-state index is 0.462. The zero-order valence-corrected chi connectivity index (χ0v) is 10.8. The number of nitrogens with one attached hydrogen (secondary N) is 1. The smallest absolute Gasteiger partial charge is 0.0359 e. The molecule has 1 atom stereocenters. The average Bonchev–Trinajstić information content (AvgIpc) is 2.81. The summed E-state index contributed by atoms with van der Waals surface area (Å²) < 4.78 is 0. The lowest BCUT2D eigenvalue weighted by Gasteiger charge is -2.14. The van der Waals surface area contributed by atoms with Crippen LogP contribution in [0.4, 0.5) is 5.69 Å². The normalized spacial score (nSPS) is 12.5. The van der Waals surface area contributed by atoms with Crippen LogP contribution in [0.25, 0.3) is 0 Å². The van der Waals surface area contributed by atoms with Gasteiger partial charge in [0.15, 0.2) is 0 Å². The van der Waals surface area contributed by atoms with Crippen molar-refractivity contribution in [1.29, 1.82) is 0 Å². The van der Waals surface area contributed by atoms with Crippen molar-refractivity contribution in [3.8, 4) is 0 Å². The van der Waals surface area contributed by atoms with E-state index in [1.54, 1.807) is 11.3 Å². The number of rotatable bonds is 5. The second-order valence-corrected chi connectivity index (χ2v) is 5.10. The highest BCUT2D eigenvalue weighted by molar-refractivity contribution is 7.07. The van der Waals surface area contributed by atoms with Crippen LogP contribution in [0.15, 0.2) is 41.1 Å². The van der Waals surface area contributed by atoms with Gasteiger partial charge in [0.25, 0.3) is 0 Å². The Bertz CT molecular complexity index is 451. The molecule has 0 saturated heterocycles. The van der Waals surface area contributed by atoms with Crippen LogP contribution < -0.4 is 11.1 Å². The Balaban J connectivity index is 1.84. The van der Waals surface area contributed by atoms with Gasteiger partial charge in [-0.1, -0.05) is 18.2 Å². The maximum Gasteiger partial charge on any atom is 0.0359 e. The fraction of sp³-hybridized carbons (Fsp3) is 0.286. The molecule has 0 aliphatic rings. The standard InChI is InChI=1S/C14H18N2S/c1-11(8-12-6-7-17-10-12)16-9-13-4-2-3-5-14(13)15/h2-7,10-11,16H,8-9,15H2,1H3. The molecule has 2 nitrogen and oxygen atoms in total. The van der Waals surface area contributed by atoms with Crippen molar-refractivity contribution in [2.75, 3.05) is 5.73 Å². The molecule has 1 heterocycles. The van der Waals surface area contributed by atoms with Gasteiger partial charge in [-0.3, -0.25) is 0 Å². The van der Waals surface area contributed by atoms with Gasteiger partial charge in [0.2, 0.25) is 0 Å². The zero-order valence-electron chi connectivity index (χ0n) is 10.0. The Kier molecular flexibility index (Phi) is 4.18. The maximum absolute atomic E-state index is 5.90. The van der Waals surface area contributed by atoms with Gasteiger partial charge < -0.3 is 11.1 Å². The Morgan fingerprint density at radius 3 is 2.82 bits per heavy atom. The van der Waals surface area contributed by atoms with E-state index in [0.29, 0.717) is 6.04 Å². The van der Waals surface area contributed by atoms with Crippen molar-refractivity contribution in [2.45, 2.75) is 25.9 Å². The van der Waals surface area contributed by atoms with Crippen molar-refractivity contribution >= 4 is 17.0 Å². The first kappa shape index (κ1) is 12.1. The molecule has 0 saturated carbocycles. The molecule has 2 aromatic rings. The van der Waals surface area contributed by atoms with Crippen LogP contribution >= 0.6 is 11.3 Å². The van der Waals surface area contributed by atoms with E-state index in [1.165, 1.54) is 11.1 Å². The summed E-state index contributed by atoms with van der Waals surface area (Å²) in [4.78, 5) is 0. The quantitative estimate of drug-likeness (QED) is 0.796. The number of thiophene rings is 1. The molecule has 0 radical (unpaired) electrons. The molecule has 0 aliphatic carbocycles. The van der Waals surface area contributed by atoms with Crippen LogP contribution in [0.5, 0.6) is 0 Å². The summed E-state index contributed by atoms with van der Waals surface area (Å²) in [5.74, 6) is 0. The van der Waals surface area contributed by atoms with E-state index in [1.807, 2.05) is 18.2 Å². The van der Waals surface area contributed by atoms with Gasteiger partial charge in [0.05, 0.1) is 0 Å².